The zero-order chi connectivity index (χ0) is 25.6. The molecule has 0 radical (unpaired) electrons. The largest absolute Gasteiger partial charge is 0.444 e. The fourth-order valence-electron chi connectivity index (χ4n) is 4.22. The number of non-ortho nitro benzene ring substituents is 1. The number of ether oxygens (including phenoxy) is 1. The van der Waals surface area contributed by atoms with E-state index in [1.165, 1.54) is 18.2 Å². The molecular formula is C25H33N3O6S. The fourth-order valence-corrected chi connectivity index (χ4v) is 5.79. The molecule has 2 N–H and O–H groups in total. The maximum atomic E-state index is 13.0. The Balaban J connectivity index is 1.62. The highest BCUT2D eigenvalue weighted by Crippen LogP contribution is 2.29. The SMILES string of the molecule is CC(C)(C)OC(=O)NC1CCC(CS(=O)(=O)Nc2ccc([N+](=O)[O-])cc2Cc2ccccc2)CC1. The van der Waals surface area contributed by atoms with Crippen LogP contribution in [0, 0.1) is 16.0 Å². The average Bonchev–Trinajstić information content (AvgIpc) is 2.75. The van der Waals surface area contributed by atoms with Gasteiger partial charge in [0, 0.05) is 18.2 Å². The van der Waals surface area contributed by atoms with Gasteiger partial charge in [0.2, 0.25) is 10.0 Å². The van der Waals surface area contributed by atoms with E-state index in [1.54, 1.807) is 20.8 Å². The van der Waals surface area contributed by atoms with Crippen molar-refractivity contribution in [1.82, 2.24) is 5.32 Å². The summed E-state index contributed by atoms with van der Waals surface area (Å²) < 4.78 is 33.9. The third-order valence-corrected chi connectivity index (χ3v) is 7.27. The van der Waals surface area contributed by atoms with Crippen molar-refractivity contribution in [2.24, 2.45) is 5.92 Å². The summed E-state index contributed by atoms with van der Waals surface area (Å²) >= 11 is 0. The van der Waals surface area contributed by atoms with E-state index in [-0.39, 0.29) is 23.4 Å². The van der Waals surface area contributed by atoms with Crippen LogP contribution in [0.1, 0.15) is 57.6 Å². The maximum absolute atomic E-state index is 13.0. The van der Waals surface area contributed by atoms with Gasteiger partial charge in [-0.2, -0.15) is 0 Å². The van der Waals surface area contributed by atoms with Crippen LogP contribution in [0.25, 0.3) is 0 Å². The van der Waals surface area contributed by atoms with E-state index in [1.807, 2.05) is 30.3 Å². The summed E-state index contributed by atoms with van der Waals surface area (Å²) in [5, 5.41) is 14.1. The number of carbonyl (C=O) groups is 1. The lowest BCUT2D eigenvalue weighted by Crippen LogP contribution is -2.41. The second kappa shape index (κ2) is 11.1. The van der Waals surface area contributed by atoms with Gasteiger partial charge in [-0.1, -0.05) is 30.3 Å². The fraction of sp³-hybridized carbons (Fsp3) is 0.480. The van der Waals surface area contributed by atoms with Crippen molar-refractivity contribution in [2.45, 2.75) is 64.5 Å². The molecule has 35 heavy (non-hydrogen) atoms. The van der Waals surface area contributed by atoms with Crippen molar-refractivity contribution in [3.8, 4) is 0 Å². The molecule has 0 bridgehead atoms. The van der Waals surface area contributed by atoms with Crippen LogP contribution >= 0.6 is 0 Å². The standard InChI is InChI=1S/C25H33N3O6S/c1-25(2,3)34-24(29)26-21-11-9-19(10-12-21)17-35(32,33)27-23-14-13-22(28(30)31)16-20(23)15-18-7-5-4-6-8-18/h4-8,13-14,16,19,21,27H,9-12,15,17H2,1-3H3,(H,26,29). The molecule has 0 heterocycles. The van der Waals surface area contributed by atoms with Crippen LogP contribution in [0.4, 0.5) is 16.2 Å². The van der Waals surface area contributed by atoms with Gasteiger partial charge in [0.25, 0.3) is 5.69 Å². The van der Waals surface area contributed by atoms with E-state index in [4.69, 9.17) is 4.74 Å². The van der Waals surface area contributed by atoms with E-state index in [2.05, 4.69) is 10.0 Å². The minimum atomic E-state index is -3.68. The molecule has 0 spiro atoms. The zero-order valence-electron chi connectivity index (χ0n) is 20.3. The van der Waals surface area contributed by atoms with Crippen LogP contribution in [0.5, 0.6) is 0 Å². The second-order valence-electron chi connectivity index (χ2n) is 10.0. The van der Waals surface area contributed by atoms with Crippen molar-refractivity contribution in [3.63, 3.8) is 0 Å². The molecule has 1 amide bonds. The molecule has 9 nitrogen and oxygen atoms in total. The number of nitrogens with one attached hydrogen (secondary N) is 2. The molecule has 0 atom stereocenters. The number of rotatable bonds is 8. The van der Waals surface area contributed by atoms with Crippen molar-refractivity contribution in [2.75, 3.05) is 10.5 Å². The van der Waals surface area contributed by atoms with Crippen LogP contribution in [0.3, 0.4) is 0 Å². The Labute approximate surface area is 206 Å². The van der Waals surface area contributed by atoms with Crippen molar-refractivity contribution in [3.05, 3.63) is 69.8 Å². The van der Waals surface area contributed by atoms with Gasteiger partial charge < -0.3 is 10.1 Å². The third-order valence-electron chi connectivity index (χ3n) is 5.83. The smallest absolute Gasteiger partial charge is 0.407 e. The van der Waals surface area contributed by atoms with Crippen LogP contribution in [0.15, 0.2) is 48.5 Å². The third kappa shape index (κ3) is 8.54. The normalized spacial score (nSPS) is 18.5. The molecule has 1 aliphatic rings. The van der Waals surface area contributed by atoms with E-state index in [0.29, 0.717) is 43.4 Å². The molecule has 1 saturated carbocycles. The van der Waals surface area contributed by atoms with Gasteiger partial charge in [-0.25, -0.2) is 13.2 Å². The van der Waals surface area contributed by atoms with Gasteiger partial charge in [0.1, 0.15) is 5.60 Å². The maximum Gasteiger partial charge on any atom is 0.407 e. The molecule has 3 rings (SSSR count). The first kappa shape index (κ1) is 26.5. The van der Waals surface area contributed by atoms with Gasteiger partial charge in [0.15, 0.2) is 0 Å². The number of amides is 1. The van der Waals surface area contributed by atoms with E-state index >= 15 is 0 Å². The Morgan fingerprint density at radius 3 is 2.34 bits per heavy atom. The van der Waals surface area contributed by atoms with E-state index in [9.17, 15) is 23.3 Å². The van der Waals surface area contributed by atoms with Gasteiger partial charge in [0.05, 0.1) is 16.4 Å². The number of alkyl carbamates (subject to hydrolysis) is 1. The molecule has 2 aromatic rings. The topological polar surface area (TPSA) is 128 Å². The van der Waals surface area contributed by atoms with Gasteiger partial charge >= 0.3 is 6.09 Å². The summed E-state index contributed by atoms with van der Waals surface area (Å²) in [4.78, 5) is 22.8. The molecule has 1 fully saturated rings. The Hall–Kier alpha value is -3.14. The summed E-state index contributed by atoms with van der Waals surface area (Å²) in [5.74, 6) is -0.0895. The van der Waals surface area contributed by atoms with Crippen LogP contribution in [-0.2, 0) is 21.2 Å². The second-order valence-corrected chi connectivity index (χ2v) is 11.8. The number of carbonyl (C=O) groups excluding carboxylic acids is 1. The average molecular weight is 504 g/mol. The first-order chi connectivity index (χ1) is 16.4. The number of benzene rings is 2. The molecule has 0 aliphatic heterocycles. The van der Waals surface area contributed by atoms with E-state index in [0.717, 1.165) is 5.56 Å². The quantitative estimate of drug-likeness (QED) is 0.385. The Kier molecular flexibility index (Phi) is 8.37. The van der Waals surface area contributed by atoms with Gasteiger partial charge in [-0.05, 0) is 76.0 Å². The lowest BCUT2D eigenvalue weighted by atomic mass is 9.87. The lowest BCUT2D eigenvalue weighted by Gasteiger charge is -2.30. The van der Waals surface area contributed by atoms with Crippen LogP contribution < -0.4 is 10.0 Å². The van der Waals surface area contributed by atoms with Gasteiger partial charge in [-0.3, -0.25) is 14.8 Å². The molecule has 1 aliphatic carbocycles. The summed E-state index contributed by atoms with van der Waals surface area (Å²) in [6.45, 7) is 5.41. The highest BCUT2D eigenvalue weighted by molar-refractivity contribution is 7.92. The number of hydrogen-bond acceptors (Lipinski definition) is 6. The molecule has 2 aromatic carbocycles. The summed E-state index contributed by atoms with van der Waals surface area (Å²) in [6.07, 6.45) is 2.59. The van der Waals surface area contributed by atoms with Crippen LogP contribution in [0.2, 0.25) is 0 Å². The number of nitrogens with zero attached hydrogens (tertiary/aromatic N) is 1. The Bertz CT molecular complexity index is 1140. The number of nitro groups is 1. The monoisotopic (exact) mass is 503 g/mol. The highest BCUT2D eigenvalue weighted by Gasteiger charge is 2.28. The highest BCUT2D eigenvalue weighted by atomic mass is 32.2. The number of nitro benzene ring substituents is 1. The molecule has 0 saturated heterocycles. The zero-order valence-corrected chi connectivity index (χ0v) is 21.1. The van der Waals surface area contributed by atoms with Crippen molar-refractivity contribution >= 4 is 27.5 Å². The minimum absolute atomic E-state index is 0.0380. The van der Waals surface area contributed by atoms with Crippen LogP contribution in [-0.4, -0.2) is 36.8 Å². The van der Waals surface area contributed by atoms with Gasteiger partial charge in [-0.15, -0.1) is 0 Å². The number of sulfonamides is 1. The summed E-state index contributed by atoms with van der Waals surface area (Å²) in [5.41, 5.74) is 1.15. The summed E-state index contributed by atoms with van der Waals surface area (Å²) in [7, 11) is -3.68. The Morgan fingerprint density at radius 1 is 1.09 bits per heavy atom. The van der Waals surface area contributed by atoms with Crippen molar-refractivity contribution < 1.29 is 22.9 Å². The number of anilines is 1. The molecule has 10 heteroatoms. The number of hydrogen-bond donors (Lipinski definition) is 2. The Morgan fingerprint density at radius 2 is 1.74 bits per heavy atom. The first-order valence-corrected chi connectivity index (χ1v) is 13.4. The molecule has 190 valence electrons. The molecule has 0 aromatic heterocycles. The van der Waals surface area contributed by atoms with E-state index < -0.39 is 26.6 Å². The molecule has 0 unspecified atom stereocenters. The molecular weight excluding hydrogens is 470 g/mol. The predicted molar refractivity (Wildman–Crippen MR) is 135 cm³/mol. The lowest BCUT2D eigenvalue weighted by molar-refractivity contribution is -0.384. The van der Waals surface area contributed by atoms with Crippen molar-refractivity contribution in [1.29, 1.82) is 0 Å². The summed E-state index contributed by atoms with van der Waals surface area (Å²) in [6, 6.07) is 13.5. The first-order valence-electron chi connectivity index (χ1n) is 11.7. The minimum Gasteiger partial charge on any atom is -0.444 e. The predicted octanol–water partition coefficient (Wildman–Crippen LogP) is 5.01.